The van der Waals surface area contributed by atoms with Gasteiger partial charge in [-0.05, 0) is 34.7 Å². The largest absolute Gasteiger partial charge is 0.397 e. The Balaban J connectivity index is 1.73. The van der Waals surface area contributed by atoms with Gasteiger partial charge in [0.2, 0.25) is 5.95 Å². The predicted molar refractivity (Wildman–Crippen MR) is 90.0 cm³/mol. The highest BCUT2D eigenvalue weighted by molar-refractivity contribution is 14.1. The molecule has 0 radical (unpaired) electrons. The molecule has 0 unspecified atom stereocenters. The summed E-state index contributed by atoms with van der Waals surface area (Å²) in [4.78, 5) is 12.7. The Morgan fingerprint density at radius 3 is 2.33 bits per heavy atom. The van der Waals surface area contributed by atoms with Gasteiger partial charge in [-0.3, -0.25) is 0 Å². The molecule has 1 aromatic carbocycles. The summed E-state index contributed by atoms with van der Waals surface area (Å²) in [7, 11) is 0. The van der Waals surface area contributed by atoms with E-state index >= 15 is 0 Å². The lowest BCUT2D eigenvalue weighted by Crippen LogP contribution is -2.47. The minimum absolute atomic E-state index is 0.228. The number of hydrogen-bond acceptors (Lipinski definition) is 5. The summed E-state index contributed by atoms with van der Waals surface area (Å²) in [6.07, 6.45) is 3.47. The summed E-state index contributed by atoms with van der Waals surface area (Å²) in [5, 5.41) is 0. The molecule has 1 saturated heterocycles. The second-order valence-corrected chi connectivity index (χ2v) is 6.01. The van der Waals surface area contributed by atoms with Gasteiger partial charge >= 0.3 is 0 Å². The molecule has 3 rings (SSSR count). The lowest BCUT2D eigenvalue weighted by Gasteiger charge is -2.36. The summed E-state index contributed by atoms with van der Waals surface area (Å²) >= 11 is 1.95. The minimum Gasteiger partial charge on any atom is -0.397 e. The van der Waals surface area contributed by atoms with Crippen molar-refractivity contribution in [3.05, 3.63) is 40.0 Å². The molecule has 2 heterocycles. The van der Waals surface area contributed by atoms with E-state index in [1.807, 2.05) is 22.6 Å². The van der Waals surface area contributed by atoms with Crippen molar-refractivity contribution < 1.29 is 4.39 Å². The molecule has 0 amide bonds. The minimum atomic E-state index is -0.228. The number of anilines is 3. The Hall–Kier alpha value is -1.64. The van der Waals surface area contributed by atoms with E-state index in [9.17, 15) is 4.39 Å². The van der Waals surface area contributed by atoms with Gasteiger partial charge < -0.3 is 15.5 Å². The monoisotopic (exact) mass is 399 g/mol. The van der Waals surface area contributed by atoms with Gasteiger partial charge in [0.25, 0.3) is 0 Å². The van der Waals surface area contributed by atoms with Crippen LogP contribution in [-0.4, -0.2) is 36.1 Å². The number of nitrogen functional groups attached to an aromatic ring is 1. The lowest BCUT2D eigenvalue weighted by atomic mass is 10.2. The fourth-order valence-corrected chi connectivity index (χ4v) is 2.92. The molecule has 0 saturated carbocycles. The van der Waals surface area contributed by atoms with E-state index in [2.05, 4.69) is 19.8 Å². The molecule has 1 fully saturated rings. The van der Waals surface area contributed by atoms with Gasteiger partial charge in [0, 0.05) is 44.6 Å². The highest BCUT2D eigenvalue weighted by atomic mass is 127. The summed E-state index contributed by atoms with van der Waals surface area (Å²) in [5.74, 6) is 0.507. The van der Waals surface area contributed by atoms with E-state index in [0.29, 0.717) is 9.26 Å². The molecule has 110 valence electrons. The molecule has 1 aliphatic rings. The van der Waals surface area contributed by atoms with Crippen LogP contribution in [-0.2, 0) is 0 Å². The standard InChI is InChI=1S/C14H15FIN5/c15-10-8-13(12(17)9-11(10)16)20-4-6-21(7-5-20)14-18-2-1-3-19-14/h1-3,8-9H,4-7,17H2. The third-order valence-corrected chi connectivity index (χ3v) is 4.35. The number of nitrogens with zero attached hydrogens (tertiary/aromatic N) is 4. The Kier molecular flexibility index (Phi) is 4.09. The van der Waals surface area contributed by atoms with Gasteiger partial charge in [-0.15, -0.1) is 0 Å². The highest BCUT2D eigenvalue weighted by Gasteiger charge is 2.21. The zero-order valence-electron chi connectivity index (χ0n) is 11.3. The third kappa shape index (κ3) is 3.02. The van der Waals surface area contributed by atoms with Crippen LogP contribution in [0.15, 0.2) is 30.6 Å². The first-order chi connectivity index (χ1) is 10.1. The summed E-state index contributed by atoms with van der Waals surface area (Å²) < 4.78 is 14.3. The summed E-state index contributed by atoms with van der Waals surface area (Å²) in [5.41, 5.74) is 7.40. The van der Waals surface area contributed by atoms with E-state index in [0.717, 1.165) is 37.8 Å². The van der Waals surface area contributed by atoms with Crippen LogP contribution in [0.1, 0.15) is 0 Å². The molecule has 0 bridgehead atoms. The van der Waals surface area contributed by atoms with Gasteiger partial charge in [-0.2, -0.15) is 0 Å². The number of rotatable bonds is 2. The first kappa shape index (κ1) is 14.3. The van der Waals surface area contributed by atoms with Gasteiger partial charge in [0.1, 0.15) is 5.82 Å². The van der Waals surface area contributed by atoms with Crippen molar-refractivity contribution in [1.82, 2.24) is 9.97 Å². The Morgan fingerprint density at radius 1 is 1.05 bits per heavy atom. The van der Waals surface area contributed by atoms with Crippen LogP contribution in [0.4, 0.5) is 21.7 Å². The Morgan fingerprint density at radius 2 is 1.67 bits per heavy atom. The average Bonchev–Trinajstić information content (AvgIpc) is 2.52. The van der Waals surface area contributed by atoms with Crippen molar-refractivity contribution in [2.45, 2.75) is 0 Å². The first-order valence-electron chi connectivity index (χ1n) is 6.66. The van der Waals surface area contributed by atoms with Crippen LogP contribution in [0.25, 0.3) is 0 Å². The number of benzene rings is 1. The maximum Gasteiger partial charge on any atom is 0.225 e. The van der Waals surface area contributed by atoms with Gasteiger partial charge in [-0.1, -0.05) is 0 Å². The van der Waals surface area contributed by atoms with Crippen LogP contribution in [0, 0.1) is 9.39 Å². The van der Waals surface area contributed by atoms with Crippen molar-refractivity contribution in [1.29, 1.82) is 0 Å². The van der Waals surface area contributed by atoms with Gasteiger partial charge in [0.05, 0.1) is 14.9 Å². The Labute approximate surface area is 136 Å². The molecule has 0 atom stereocenters. The number of hydrogen-bond donors (Lipinski definition) is 1. The molecule has 1 aliphatic heterocycles. The molecular formula is C14H15FIN5. The number of nitrogens with two attached hydrogens (primary N) is 1. The van der Waals surface area contributed by atoms with Crippen LogP contribution in [0.2, 0.25) is 0 Å². The number of piperazine rings is 1. The maximum absolute atomic E-state index is 13.7. The molecule has 5 nitrogen and oxygen atoms in total. The molecule has 0 spiro atoms. The summed E-state index contributed by atoms with van der Waals surface area (Å²) in [6.45, 7) is 3.11. The van der Waals surface area contributed by atoms with E-state index in [1.54, 1.807) is 24.5 Å². The molecule has 2 N–H and O–H groups in total. The fourth-order valence-electron chi connectivity index (χ4n) is 2.43. The van der Waals surface area contributed by atoms with E-state index in [-0.39, 0.29) is 5.82 Å². The molecule has 2 aromatic rings. The van der Waals surface area contributed by atoms with E-state index < -0.39 is 0 Å². The van der Waals surface area contributed by atoms with E-state index in [4.69, 9.17) is 5.73 Å². The smallest absolute Gasteiger partial charge is 0.225 e. The topological polar surface area (TPSA) is 58.3 Å². The molecule has 7 heteroatoms. The first-order valence-corrected chi connectivity index (χ1v) is 7.74. The van der Waals surface area contributed by atoms with Crippen LogP contribution >= 0.6 is 22.6 Å². The molecule has 1 aromatic heterocycles. The predicted octanol–water partition coefficient (Wildman–Crippen LogP) is 2.13. The van der Waals surface area contributed by atoms with Crippen molar-refractivity contribution in [3.63, 3.8) is 0 Å². The van der Waals surface area contributed by atoms with Gasteiger partial charge in [-0.25, -0.2) is 14.4 Å². The van der Waals surface area contributed by atoms with Gasteiger partial charge in [0.15, 0.2) is 0 Å². The lowest BCUT2D eigenvalue weighted by molar-refractivity contribution is 0.612. The molecule has 0 aliphatic carbocycles. The normalized spacial score (nSPS) is 15.3. The van der Waals surface area contributed by atoms with Crippen LogP contribution in [0.5, 0.6) is 0 Å². The second kappa shape index (κ2) is 6.00. The average molecular weight is 399 g/mol. The van der Waals surface area contributed by atoms with Crippen LogP contribution in [0.3, 0.4) is 0 Å². The Bertz CT molecular complexity index is 629. The third-order valence-electron chi connectivity index (χ3n) is 3.52. The SMILES string of the molecule is Nc1cc(I)c(F)cc1N1CCN(c2ncccn2)CC1. The zero-order chi connectivity index (χ0) is 14.8. The maximum atomic E-state index is 13.7. The molecule has 21 heavy (non-hydrogen) atoms. The van der Waals surface area contributed by atoms with Crippen molar-refractivity contribution >= 4 is 39.9 Å². The molecular weight excluding hydrogens is 384 g/mol. The summed E-state index contributed by atoms with van der Waals surface area (Å²) in [6, 6.07) is 5.00. The number of halogens is 2. The van der Waals surface area contributed by atoms with Crippen molar-refractivity contribution in [3.8, 4) is 0 Å². The second-order valence-electron chi connectivity index (χ2n) is 4.85. The highest BCUT2D eigenvalue weighted by Crippen LogP contribution is 2.28. The van der Waals surface area contributed by atoms with Crippen molar-refractivity contribution in [2.24, 2.45) is 0 Å². The fraction of sp³-hybridized carbons (Fsp3) is 0.286. The van der Waals surface area contributed by atoms with Crippen molar-refractivity contribution in [2.75, 3.05) is 41.7 Å². The zero-order valence-corrected chi connectivity index (χ0v) is 13.5. The quantitative estimate of drug-likeness (QED) is 0.620. The van der Waals surface area contributed by atoms with E-state index in [1.165, 1.54) is 6.07 Å². The van der Waals surface area contributed by atoms with Crippen LogP contribution < -0.4 is 15.5 Å². The number of aromatic nitrogens is 2.